The summed E-state index contributed by atoms with van der Waals surface area (Å²) in [7, 11) is 3.09. The first kappa shape index (κ1) is 13.7. The van der Waals surface area contributed by atoms with Gasteiger partial charge in [-0.3, -0.25) is 0 Å². The lowest BCUT2D eigenvalue weighted by molar-refractivity contribution is -0.0914. The van der Waals surface area contributed by atoms with Crippen molar-refractivity contribution in [1.29, 1.82) is 0 Å². The fourth-order valence-electron chi connectivity index (χ4n) is 1.35. The van der Waals surface area contributed by atoms with E-state index in [1.165, 1.54) is 4.68 Å². The summed E-state index contributed by atoms with van der Waals surface area (Å²) in [6.45, 7) is 0.381. The number of hydrogen-bond donors (Lipinski definition) is 1. The van der Waals surface area contributed by atoms with E-state index in [2.05, 4.69) is 25.4 Å². The lowest BCUT2D eigenvalue weighted by Gasteiger charge is -2.14. The van der Waals surface area contributed by atoms with E-state index in [1.807, 2.05) is 0 Å². The molecule has 19 heavy (non-hydrogen) atoms. The Labute approximate surface area is 114 Å². The van der Waals surface area contributed by atoms with E-state index in [-0.39, 0.29) is 5.28 Å². The van der Waals surface area contributed by atoms with Gasteiger partial charge in [-0.2, -0.15) is 20.1 Å². The number of methoxy groups -OCH3 is 2. The maximum absolute atomic E-state index is 5.84. The normalized spacial score (nSPS) is 10.9. The van der Waals surface area contributed by atoms with Crippen molar-refractivity contribution in [2.24, 2.45) is 0 Å². The van der Waals surface area contributed by atoms with Gasteiger partial charge >= 0.3 is 0 Å². The van der Waals surface area contributed by atoms with E-state index >= 15 is 0 Å². The largest absolute Gasteiger partial charge is 0.354 e. The second kappa shape index (κ2) is 6.41. The molecule has 0 spiro atoms. The summed E-state index contributed by atoms with van der Waals surface area (Å²) in [5, 5.41) is 7.05. The number of aromatic nitrogens is 5. The third-order valence-corrected chi connectivity index (χ3v) is 2.43. The molecule has 0 bridgehead atoms. The van der Waals surface area contributed by atoms with Gasteiger partial charge in [-0.15, -0.1) is 0 Å². The molecule has 102 valence electrons. The van der Waals surface area contributed by atoms with Crippen molar-refractivity contribution in [3.05, 3.63) is 23.7 Å². The Morgan fingerprint density at radius 2 is 2.11 bits per heavy atom. The van der Waals surface area contributed by atoms with Crippen molar-refractivity contribution in [1.82, 2.24) is 24.7 Å². The van der Waals surface area contributed by atoms with E-state index in [1.54, 1.807) is 32.7 Å². The smallest absolute Gasteiger partial charge is 0.256 e. The van der Waals surface area contributed by atoms with E-state index < -0.39 is 6.29 Å². The zero-order valence-electron chi connectivity index (χ0n) is 10.4. The van der Waals surface area contributed by atoms with Crippen molar-refractivity contribution in [3.63, 3.8) is 0 Å². The van der Waals surface area contributed by atoms with Gasteiger partial charge in [-0.25, -0.2) is 4.68 Å². The van der Waals surface area contributed by atoms with Crippen LogP contribution in [0.4, 0.5) is 5.95 Å². The van der Waals surface area contributed by atoms with Gasteiger partial charge in [-0.1, -0.05) is 0 Å². The molecule has 2 heterocycles. The highest BCUT2D eigenvalue weighted by Crippen LogP contribution is 2.09. The van der Waals surface area contributed by atoms with Gasteiger partial charge in [0.15, 0.2) is 6.29 Å². The zero-order valence-corrected chi connectivity index (χ0v) is 11.2. The lowest BCUT2D eigenvalue weighted by Crippen LogP contribution is -2.24. The average Bonchev–Trinajstić information content (AvgIpc) is 2.93. The van der Waals surface area contributed by atoms with Crippen LogP contribution in [0.25, 0.3) is 5.95 Å². The first-order valence-corrected chi connectivity index (χ1v) is 5.81. The number of rotatable bonds is 6. The van der Waals surface area contributed by atoms with Gasteiger partial charge in [0.25, 0.3) is 5.95 Å². The summed E-state index contributed by atoms with van der Waals surface area (Å²) in [6.07, 6.45) is 2.93. The van der Waals surface area contributed by atoms with Crippen molar-refractivity contribution in [2.75, 3.05) is 26.1 Å². The maximum atomic E-state index is 5.84. The first-order valence-electron chi connectivity index (χ1n) is 5.44. The molecule has 8 nitrogen and oxygen atoms in total. The van der Waals surface area contributed by atoms with Crippen LogP contribution in [0.1, 0.15) is 0 Å². The fourth-order valence-corrected chi connectivity index (χ4v) is 1.50. The summed E-state index contributed by atoms with van der Waals surface area (Å²) in [4.78, 5) is 12.1. The summed E-state index contributed by atoms with van der Waals surface area (Å²) >= 11 is 5.84. The van der Waals surface area contributed by atoms with Gasteiger partial charge in [0.1, 0.15) is 0 Å². The Bertz CT molecular complexity index is 517. The number of nitrogens with zero attached hydrogens (tertiary/aromatic N) is 5. The molecule has 0 saturated carbocycles. The first-order chi connectivity index (χ1) is 9.22. The highest BCUT2D eigenvalue weighted by Gasteiger charge is 2.09. The van der Waals surface area contributed by atoms with Crippen molar-refractivity contribution < 1.29 is 9.47 Å². The zero-order chi connectivity index (χ0) is 13.7. The van der Waals surface area contributed by atoms with Crippen LogP contribution in [0.15, 0.2) is 18.5 Å². The standard InChI is InChI=1S/C10H13ClN6O2/c1-18-7(19-2)6-12-9-14-8(11)15-10(16-9)17-5-3-4-13-17/h3-5,7H,6H2,1-2H3,(H,12,14,15,16). The number of ether oxygens (including phenoxy) is 2. The highest BCUT2D eigenvalue weighted by atomic mass is 35.5. The van der Waals surface area contributed by atoms with Crippen LogP contribution in [-0.4, -0.2) is 51.8 Å². The molecule has 0 fully saturated rings. The average molecular weight is 285 g/mol. The molecule has 0 aliphatic carbocycles. The maximum Gasteiger partial charge on any atom is 0.256 e. The summed E-state index contributed by atoms with van der Waals surface area (Å²) in [5.41, 5.74) is 0. The molecule has 0 atom stereocenters. The molecule has 0 aromatic carbocycles. The Morgan fingerprint density at radius 3 is 2.74 bits per heavy atom. The van der Waals surface area contributed by atoms with Gasteiger partial charge in [0.05, 0.1) is 6.54 Å². The Hall–Kier alpha value is -1.77. The van der Waals surface area contributed by atoms with Crippen molar-refractivity contribution in [3.8, 4) is 5.95 Å². The molecule has 2 aromatic heterocycles. The van der Waals surface area contributed by atoms with Gasteiger partial charge in [-0.05, 0) is 17.7 Å². The number of nitrogens with one attached hydrogen (secondary N) is 1. The molecule has 2 aromatic rings. The number of anilines is 1. The highest BCUT2D eigenvalue weighted by molar-refractivity contribution is 6.28. The van der Waals surface area contributed by atoms with Crippen molar-refractivity contribution in [2.45, 2.75) is 6.29 Å². The van der Waals surface area contributed by atoms with Crippen LogP contribution in [0.2, 0.25) is 5.28 Å². The molecule has 2 rings (SSSR count). The molecular weight excluding hydrogens is 272 g/mol. The molecule has 9 heteroatoms. The third-order valence-electron chi connectivity index (χ3n) is 2.26. The van der Waals surface area contributed by atoms with Crippen LogP contribution in [-0.2, 0) is 9.47 Å². The van der Waals surface area contributed by atoms with E-state index in [9.17, 15) is 0 Å². The Kier molecular flexibility index (Phi) is 4.61. The second-order valence-corrected chi connectivity index (χ2v) is 3.80. The number of hydrogen-bond acceptors (Lipinski definition) is 7. The quantitative estimate of drug-likeness (QED) is 0.783. The molecule has 0 saturated heterocycles. The lowest BCUT2D eigenvalue weighted by atomic mass is 10.6. The Morgan fingerprint density at radius 1 is 1.32 bits per heavy atom. The van der Waals surface area contributed by atoms with Gasteiger partial charge in [0.2, 0.25) is 11.2 Å². The molecule has 1 N–H and O–H groups in total. The van der Waals surface area contributed by atoms with Crippen molar-refractivity contribution >= 4 is 17.5 Å². The minimum atomic E-state index is -0.399. The van der Waals surface area contributed by atoms with Crippen LogP contribution < -0.4 is 5.32 Å². The third kappa shape index (κ3) is 3.60. The molecule has 0 radical (unpaired) electrons. The topological polar surface area (TPSA) is 87.0 Å². The SMILES string of the molecule is COC(CNc1nc(Cl)nc(-n2cccn2)n1)OC. The fraction of sp³-hybridized carbons (Fsp3) is 0.400. The predicted molar refractivity (Wildman–Crippen MR) is 68.3 cm³/mol. The summed E-state index contributed by atoms with van der Waals surface area (Å²) < 4.78 is 11.6. The monoisotopic (exact) mass is 284 g/mol. The minimum Gasteiger partial charge on any atom is -0.354 e. The molecule has 0 unspecified atom stereocenters. The molecule has 0 aliphatic heterocycles. The summed E-state index contributed by atoms with van der Waals surface area (Å²) in [5.74, 6) is 0.656. The van der Waals surface area contributed by atoms with Gasteiger partial charge < -0.3 is 14.8 Å². The van der Waals surface area contributed by atoms with Crippen LogP contribution in [0.5, 0.6) is 0 Å². The molecule has 0 aliphatic rings. The molecular formula is C10H13ClN6O2. The predicted octanol–water partition coefficient (Wildman–Crippen LogP) is 0.741. The second-order valence-electron chi connectivity index (χ2n) is 3.46. The Balaban J connectivity index is 2.13. The van der Waals surface area contributed by atoms with Crippen LogP contribution in [0, 0.1) is 0 Å². The number of halogens is 1. The van der Waals surface area contributed by atoms with Gasteiger partial charge in [0, 0.05) is 26.6 Å². The minimum absolute atomic E-state index is 0.0781. The molecule has 0 amide bonds. The van der Waals surface area contributed by atoms with Crippen LogP contribution >= 0.6 is 11.6 Å². The van der Waals surface area contributed by atoms with Crippen LogP contribution in [0.3, 0.4) is 0 Å². The van der Waals surface area contributed by atoms with E-state index in [0.717, 1.165) is 0 Å². The van der Waals surface area contributed by atoms with E-state index in [4.69, 9.17) is 21.1 Å². The van der Waals surface area contributed by atoms with E-state index in [0.29, 0.717) is 18.4 Å². The summed E-state index contributed by atoms with van der Waals surface area (Å²) in [6, 6.07) is 1.76.